The van der Waals surface area contributed by atoms with Crippen LogP contribution in [0.4, 0.5) is 10.5 Å². The summed E-state index contributed by atoms with van der Waals surface area (Å²) in [6.07, 6.45) is -0.969. The normalized spacial score (nSPS) is 10.6. The molecule has 16 heavy (non-hydrogen) atoms. The Morgan fingerprint density at radius 3 is 2.50 bits per heavy atom. The molecule has 1 aromatic carbocycles. The molecule has 0 aliphatic carbocycles. The second-order valence-corrected chi connectivity index (χ2v) is 4.13. The lowest BCUT2D eigenvalue weighted by atomic mass is 9.99. The van der Waals surface area contributed by atoms with Crippen molar-refractivity contribution in [2.24, 2.45) is 5.73 Å². The van der Waals surface area contributed by atoms with Crippen molar-refractivity contribution in [3.8, 4) is 0 Å². The zero-order chi connectivity index (χ0) is 12.3. The molecule has 0 fully saturated rings. The lowest BCUT2D eigenvalue weighted by Gasteiger charge is -2.17. The highest BCUT2D eigenvalue weighted by molar-refractivity contribution is 5.85. The third kappa shape index (κ3) is 2.73. The van der Waals surface area contributed by atoms with E-state index >= 15 is 0 Å². The number of hydrogen-bond donors (Lipinski definition) is 2. The average Bonchev–Trinajstić information content (AvgIpc) is 2.27. The molecule has 0 unspecified atom stereocenters. The Morgan fingerprint density at radius 1 is 1.44 bits per heavy atom. The maximum atomic E-state index is 10.9. The quantitative estimate of drug-likeness (QED) is 0.825. The van der Waals surface area contributed by atoms with Gasteiger partial charge in [-0.05, 0) is 29.2 Å². The Bertz CT molecular complexity index is 389. The fourth-order valence-corrected chi connectivity index (χ4v) is 1.46. The molecule has 1 aromatic rings. The average molecular weight is 222 g/mol. The summed E-state index contributed by atoms with van der Waals surface area (Å²) in [7, 11) is 1.53. The van der Waals surface area contributed by atoms with E-state index in [1.165, 1.54) is 11.9 Å². The number of carbonyl (C=O) groups is 1. The summed E-state index contributed by atoms with van der Waals surface area (Å²) in [5.41, 5.74) is 8.32. The molecular weight excluding hydrogens is 204 g/mol. The molecule has 0 aromatic heterocycles. The van der Waals surface area contributed by atoms with Crippen molar-refractivity contribution < 1.29 is 9.90 Å². The van der Waals surface area contributed by atoms with Crippen molar-refractivity contribution >= 4 is 11.8 Å². The number of hydrogen-bond acceptors (Lipinski definition) is 2. The number of rotatable bonds is 3. The Hall–Kier alpha value is -1.55. The van der Waals surface area contributed by atoms with Gasteiger partial charge in [0.15, 0.2) is 0 Å². The highest BCUT2D eigenvalue weighted by Gasteiger charge is 2.11. The van der Waals surface area contributed by atoms with Crippen LogP contribution in [-0.4, -0.2) is 18.2 Å². The zero-order valence-corrected chi connectivity index (χ0v) is 9.90. The van der Waals surface area contributed by atoms with Gasteiger partial charge in [0.05, 0.1) is 0 Å². The largest absolute Gasteiger partial charge is 0.465 e. The number of nitrogens with zero attached hydrogens (tertiary/aromatic N) is 1. The smallest absolute Gasteiger partial charge is 0.411 e. The van der Waals surface area contributed by atoms with E-state index in [0.29, 0.717) is 18.2 Å². The van der Waals surface area contributed by atoms with Crippen LogP contribution in [0.5, 0.6) is 0 Å². The summed E-state index contributed by atoms with van der Waals surface area (Å²) in [5, 5.41) is 8.92. The summed E-state index contributed by atoms with van der Waals surface area (Å²) in [5.74, 6) is 0.354. The van der Waals surface area contributed by atoms with Crippen molar-refractivity contribution in [1.29, 1.82) is 0 Å². The maximum Gasteiger partial charge on any atom is 0.411 e. The molecule has 0 aliphatic heterocycles. The third-order valence-electron chi connectivity index (χ3n) is 2.58. The van der Waals surface area contributed by atoms with Crippen LogP contribution in [0.2, 0.25) is 0 Å². The molecule has 4 nitrogen and oxygen atoms in total. The summed E-state index contributed by atoms with van der Waals surface area (Å²) in [6.45, 7) is 4.56. The molecule has 0 aliphatic rings. The van der Waals surface area contributed by atoms with Crippen LogP contribution in [0.1, 0.15) is 30.9 Å². The molecule has 1 amide bonds. The van der Waals surface area contributed by atoms with Crippen molar-refractivity contribution in [1.82, 2.24) is 0 Å². The minimum Gasteiger partial charge on any atom is -0.465 e. The van der Waals surface area contributed by atoms with Crippen molar-refractivity contribution in [2.45, 2.75) is 26.3 Å². The van der Waals surface area contributed by atoms with E-state index in [-0.39, 0.29) is 0 Å². The summed E-state index contributed by atoms with van der Waals surface area (Å²) in [4.78, 5) is 12.1. The van der Waals surface area contributed by atoms with Gasteiger partial charge in [0, 0.05) is 19.3 Å². The first-order valence-electron chi connectivity index (χ1n) is 5.26. The number of benzene rings is 1. The van der Waals surface area contributed by atoms with Gasteiger partial charge in [-0.1, -0.05) is 19.9 Å². The summed E-state index contributed by atoms with van der Waals surface area (Å²) >= 11 is 0. The monoisotopic (exact) mass is 222 g/mol. The van der Waals surface area contributed by atoms with Gasteiger partial charge in [-0.2, -0.15) is 0 Å². The number of amides is 1. The maximum absolute atomic E-state index is 10.9. The van der Waals surface area contributed by atoms with E-state index in [1.807, 2.05) is 12.1 Å². The molecular formula is C12H18N2O2. The molecule has 0 atom stereocenters. The molecule has 0 spiro atoms. The molecule has 0 bridgehead atoms. The zero-order valence-electron chi connectivity index (χ0n) is 9.90. The number of carboxylic acid groups (broad SMARTS) is 1. The highest BCUT2D eigenvalue weighted by atomic mass is 16.4. The Morgan fingerprint density at radius 2 is 2.06 bits per heavy atom. The topological polar surface area (TPSA) is 66.6 Å². The third-order valence-corrected chi connectivity index (χ3v) is 2.58. The van der Waals surface area contributed by atoms with Crippen LogP contribution >= 0.6 is 0 Å². The second kappa shape index (κ2) is 4.99. The van der Waals surface area contributed by atoms with Crippen LogP contribution in [-0.2, 0) is 6.54 Å². The van der Waals surface area contributed by atoms with Gasteiger partial charge < -0.3 is 10.8 Å². The van der Waals surface area contributed by atoms with Crippen molar-refractivity contribution in [2.75, 3.05) is 11.9 Å². The summed E-state index contributed by atoms with van der Waals surface area (Å²) in [6, 6.07) is 5.71. The minimum absolute atomic E-state index is 0.354. The van der Waals surface area contributed by atoms with Gasteiger partial charge in [-0.15, -0.1) is 0 Å². The Balaban J connectivity index is 3.18. The van der Waals surface area contributed by atoms with Crippen LogP contribution < -0.4 is 10.6 Å². The first kappa shape index (κ1) is 12.5. The lowest BCUT2D eigenvalue weighted by molar-refractivity contribution is 0.203. The minimum atomic E-state index is -0.969. The van der Waals surface area contributed by atoms with Gasteiger partial charge in [-0.25, -0.2) is 4.79 Å². The van der Waals surface area contributed by atoms with Crippen LogP contribution in [0.25, 0.3) is 0 Å². The molecule has 0 radical (unpaired) electrons. The van der Waals surface area contributed by atoms with E-state index < -0.39 is 6.09 Å². The Labute approximate surface area is 95.7 Å². The van der Waals surface area contributed by atoms with Crippen molar-refractivity contribution in [3.63, 3.8) is 0 Å². The molecule has 1 rings (SSSR count). The van der Waals surface area contributed by atoms with Crippen LogP contribution in [0, 0.1) is 0 Å². The molecule has 88 valence electrons. The fourth-order valence-electron chi connectivity index (χ4n) is 1.46. The number of anilines is 1. The predicted octanol–water partition coefficient (Wildman–Crippen LogP) is 2.38. The molecule has 0 saturated heterocycles. The fraction of sp³-hybridized carbons (Fsp3) is 0.417. The van der Waals surface area contributed by atoms with E-state index in [4.69, 9.17) is 10.8 Å². The van der Waals surface area contributed by atoms with Gasteiger partial charge in [0.25, 0.3) is 0 Å². The summed E-state index contributed by atoms with van der Waals surface area (Å²) < 4.78 is 0. The van der Waals surface area contributed by atoms with Crippen LogP contribution in [0.3, 0.4) is 0 Å². The van der Waals surface area contributed by atoms with Gasteiger partial charge >= 0.3 is 6.09 Å². The van der Waals surface area contributed by atoms with E-state index in [9.17, 15) is 4.79 Å². The molecule has 3 N–H and O–H groups in total. The molecule has 4 heteroatoms. The van der Waals surface area contributed by atoms with Gasteiger partial charge in [0.2, 0.25) is 0 Å². The Kier molecular flexibility index (Phi) is 3.90. The van der Waals surface area contributed by atoms with Gasteiger partial charge in [-0.3, -0.25) is 4.90 Å². The molecule has 0 heterocycles. The van der Waals surface area contributed by atoms with Crippen molar-refractivity contribution in [3.05, 3.63) is 29.3 Å². The second-order valence-electron chi connectivity index (χ2n) is 4.13. The number of nitrogens with two attached hydrogens (primary N) is 1. The first-order chi connectivity index (χ1) is 7.45. The first-order valence-corrected chi connectivity index (χ1v) is 5.26. The van der Waals surface area contributed by atoms with E-state index in [1.54, 1.807) is 6.07 Å². The standard InChI is InChI=1S/C12H18N2O2/c1-8(2)10-4-9(7-13)5-11(6-10)14(3)12(15)16/h4-6,8H,7,13H2,1-3H3,(H,15,16). The van der Waals surface area contributed by atoms with Gasteiger partial charge in [0.1, 0.15) is 0 Å². The van der Waals surface area contributed by atoms with E-state index in [0.717, 1.165) is 11.1 Å². The lowest BCUT2D eigenvalue weighted by Crippen LogP contribution is -2.24. The highest BCUT2D eigenvalue weighted by Crippen LogP contribution is 2.23. The van der Waals surface area contributed by atoms with E-state index in [2.05, 4.69) is 13.8 Å². The molecule has 0 saturated carbocycles. The predicted molar refractivity (Wildman–Crippen MR) is 64.9 cm³/mol. The SMILES string of the molecule is CC(C)c1cc(CN)cc(N(C)C(=O)O)c1. The van der Waals surface area contributed by atoms with Crippen LogP contribution in [0.15, 0.2) is 18.2 Å².